The molecule has 0 bridgehead atoms. The minimum absolute atomic E-state index is 0.246. The fourth-order valence-corrected chi connectivity index (χ4v) is 2.31. The minimum atomic E-state index is -0.259. The zero-order valence-electron chi connectivity index (χ0n) is 11.2. The molecule has 8 heteroatoms. The maximum absolute atomic E-state index is 11.3. The van der Waals surface area contributed by atoms with E-state index >= 15 is 0 Å². The largest absolute Gasteiger partial charge is 0.291 e. The summed E-state index contributed by atoms with van der Waals surface area (Å²) in [7, 11) is 0. The molecule has 2 aromatic rings. The van der Waals surface area contributed by atoms with Crippen molar-refractivity contribution in [1.82, 2.24) is 9.97 Å². The monoisotopic (exact) mass is 344 g/mol. The van der Waals surface area contributed by atoms with E-state index in [2.05, 4.69) is 20.5 Å². The Morgan fingerprint density at radius 1 is 1.29 bits per heavy atom. The van der Waals surface area contributed by atoms with Crippen LogP contribution in [0.25, 0.3) is 0 Å². The van der Waals surface area contributed by atoms with Gasteiger partial charge in [-0.1, -0.05) is 40.9 Å². The van der Waals surface area contributed by atoms with Gasteiger partial charge in [0.2, 0.25) is 5.95 Å². The number of anilines is 1. The number of hydrogen-bond acceptors (Lipinski definition) is 4. The van der Waals surface area contributed by atoms with Gasteiger partial charge in [0.25, 0.3) is 5.56 Å². The van der Waals surface area contributed by atoms with E-state index in [-0.39, 0.29) is 16.5 Å². The SMILES string of the molecule is C/C(=N/Nc1nc(C)cc(=O)[nH]1)c1ccc(Cl)c(Cl)c1Cl. The van der Waals surface area contributed by atoms with E-state index < -0.39 is 0 Å². The van der Waals surface area contributed by atoms with Gasteiger partial charge in [-0.05, 0) is 19.9 Å². The zero-order valence-corrected chi connectivity index (χ0v) is 13.4. The molecule has 0 amide bonds. The van der Waals surface area contributed by atoms with Crippen LogP contribution in [-0.2, 0) is 0 Å². The number of nitrogens with zero attached hydrogens (tertiary/aromatic N) is 2. The van der Waals surface area contributed by atoms with Crippen LogP contribution < -0.4 is 11.0 Å². The Bertz CT molecular complexity index is 770. The number of nitrogens with one attached hydrogen (secondary N) is 2. The highest BCUT2D eigenvalue weighted by molar-refractivity contribution is 6.49. The topological polar surface area (TPSA) is 70.1 Å². The van der Waals surface area contributed by atoms with Crippen molar-refractivity contribution < 1.29 is 0 Å². The van der Waals surface area contributed by atoms with Crippen molar-refractivity contribution in [3.63, 3.8) is 0 Å². The summed E-state index contributed by atoms with van der Waals surface area (Å²) in [6, 6.07) is 4.73. The predicted molar refractivity (Wildman–Crippen MR) is 86.9 cm³/mol. The second-order valence-electron chi connectivity index (χ2n) is 4.27. The number of aromatic amines is 1. The summed E-state index contributed by atoms with van der Waals surface area (Å²) >= 11 is 18.0. The van der Waals surface area contributed by atoms with E-state index in [1.165, 1.54) is 6.07 Å². The van der Waals surface area contributed by atoms with Crippen molar-refractivity contribution in [2.45, 2.75) is 13.8 Å². The average Bonchev–Trinajstić information content (AvgIpc) is 2.41. The Morgan fingerprint density at radius 2 is 2.00 bits per heavy atom. The molecule has 1 heterocycles. The van der Waals surface area contributed by atoms with Gasteiger partial charge >= 0.3 is 0 Å². The lowest BCUT2D eigenvalue weighted by Crippen LogP contribution is -2.11. The van der Waals surface area contributed by atoms with Crippen LogP contribution in [0.1, 0.15) is 18.2 Å². The first-order valence-electron chi connectivity index (χ1n) is 5.90. The molecule has 0 fully saturated rings. The predicted octanol–water partition coefficient (Wildman–Crippen LogP) is 3.87. The average molecular weight is 346 g/mol. The molecule has 0 saturated carbocycles. The molecule has 1 aromatic carbocycles. The number of aryl methyl sites for hydroxylation is 1. The van der Waals surface area contributed by atoms with Gasteiger partial charge in [0.15, 0.2) is 0 Å². The van der Waals surface area contributed by atoms with E-state index in [1.54, 1.807) is 26.0 Å². The summed E-state index contributed by atoms with van der Waals surface area (Å²) in [6.45, 7) is 3.46. The van der Waals surface area contributed by atoms with Crippen LogP contribution in [0.2, 0.25) is 15.1 Å². The van der Waals surface area contributed by atoms with E-state index in [4.69, 9.17) is 34.8 Å². The molecular formula is C13H11Cl3N4O. The lowest BCUT2D eigenvalue weighted by molar-refractivity contribution is 1.04. The fourth-order valence-electron chi connectivity index (χ4n) is 1.63. The number of benzene rings is 1. The highest BCUT2D eigenvalue weighted by Gasteiger charge is 2.11. The van der Waals surface area contributed by atoms with E-state index in [9.17, 15) is 4.79 Å². The Morgan fingerprint density at radius 3 is 2.67 bits per heavy atom. The summed E-state index contributed by atoms with van der Waals surface area (Å²) in [4.78, 5) is 17.9. The molecule has 0 aliphatic heterocycles. The number of hydrogen-bond donors (Lipinski definition) is 2. The molecule has 2 rings (SSSR count). The van der Waals surface area contributed by atoms with Crippen LogP contribution in [0, 0.1) is 6.92 Å². The molecule has 0 aliphatic carbocycles. The summed E-state index contributed by atoms with van der Waals surface area (Å²) in [6.07, 6.45) is 0. The van der Waals surface area contributed by atoms with Crippen LogP contribution in [0.5, 0.6) is 0 Å². The Hall–Kier alpha value is -1.56. The normalized spacial score (nSPS) is 11.6. The third-order valence-electron chi connectivity index (χ3n) is 2.62. The van der Waals surface area contributed by atoms with Crippen molar-refractivity contribution in [2.24, 2.45) is 5.10 Å². The van der Waals surface area contributed by atoms with Crippen LogP contribution in [0.3, 0.4) is 0 Å². The molecular weight excluding hydrogens is 335 g/mol. The Labute approximate surface area is 136 Å². The van der Waals surface area contributed by atoms with Crippen LogP contribution >= 0.6 is 34.8 Å². The Kier molecular flexibility index (Phi) is 4.88. The third-order valence-corrected chi connectivity index (χ3v) is 3.92. The maximum Gasteiger partial charge on any atom is 0.252 e. The number of aromatic nitrogens is 2. The number of hydrazone groups is 1. The first-order chi connectivity index (χ1) is 9.88. The van der Waals surface area contributed by atoms with Crippen LogP contribution in [0.4, 0.5) is 5.95 Å². The van der Waals surface area contributed by atoms with E-state index in [0.717, 1.165) is 0 Å². The van der Waals surface area contributed by atoms with Gasteiger partial charge in [-0.25, -0.2) is 10.4 Å². The van der Waals surface area contributed by atoms with Crippen molar-refractivity contribution >= 4 is 46.5 Å². The lowest BCUT2D eigenvalue weighted by atomic mass is 10.1. The van der Waals surface area contributed by atoms with Gasteiger partial charge in [0, 0.05) is 17.3 Å². The summed E-state index contributed by atoms with van der Waals surface area (Å²) < 4.78 is 0. The lowest BCUT2D eigenvalue weighted by Gasteiger charge is -2.07. The van der Waals surface area contributed by atoms with Crippen molar-refractivity contribution in [3.05, 3.63) is 54.9 Å². The second-order valence-corrected chi connectivity index (χ2v) is 5.43. The van der Waals surface area contributed by atoms with Gasteiger partial charge in [-0.3, -0.25) is 9.78 Å². The van der Waals surface area contributed by atoms with Gasteiger partial charge in [0.05, 0.1) is 20.8 Å². The highest BCUT2D eigenvalue weighted by Crippen LogP contribution is 2.32. The summed E-state index contributed by atoms with van der Waals surface area (Å²) in [5, 5.41) is 5.09. The van der Waals surface area contributed by atoms with E-state index in [0.29, 0.717) is 27.0 Å². The van der Waals surface area contributed by atoms with Crippen molar-refractivity contribution in [1.29, 1.82) is 0 Å². The fraction of sp³-hybridized carbons (Fsp3) is 0.154. The standard InChI is InChI=1S/C13H11Cl3N4O/c1-6-5-10(21)18-13(17-6)20-19-7(2)8-3-4-9(14)12(16)11(8)15/h3-5H,1-2H3,(H2,17,18,20,21)/b19-7-. The third kappa shape index (κ3) is 3.75. The molecule has 110 valence electrons. The van der Waals surface area contributed by atoms with Crippen LogP contribution in [0.15, 0.2) is 28.1 Å². The number of rotatable bonds is 3. The Balaban J connectivity index is 2.29. The molecule has 0 atom stereocenters. The first kappa shape index (κ1) is 15.8. The maximum atomic E-state index is 11.3. The van der Waals surface area contributed by atoms with Crippen LogP contribution in [-0.4, -0.2) is 15.7 Å². The molecule has 5 nitrogen and oxygen atoms in total. The molecule has 0 unspecified atom stereocenters. The van der Waals surface area contributed by atoms with Gasteiger partial charge in [0.1, 0.15) is 0 Å². The van der Waals surface area contributed by atoms with Gasteiger partial charge < -0.3 is 0 Å². The van der Waals surface area contributed by atoms with Crippen molar-refractivity contribution in [3.8, 4) is 0 Å². The van der Waals surface area contributed by atoms with Gasteiger partial charge in [-0.15, -0.1) is 0 Å². The molecule has 0 radical (unpaired) electrons. The minimum Gasteiger partial charge on any atom is -0.291 e. The van der Waals surface area contributed by atoms with Crippen molar-refractivity contribution in [2.75, 3.05) is 5.43 Å². The smallest absolute Gasteiger partial charge is 0.252 e. The molecule has 1 aromatic heterocycles. The second kappa shape index (κ2) is 6.47. The summed E-state index contributed by atoms with van der Waals surface area (Å²) in [5.41, 5.74) is 4.20. The highest BCUT2D eigenvalue weighted by atomic mass is 35.5. The molecule has 0 saturated heterocycles. The quantitative estimate of drug-likeness (QED) is 0.504. The first-order valence-corrected chi connectivity index (χ1v) is 7.04. The van der Waals surface area contributed by atoms with Gasteiger partial charge in [-0.2, -0.15) is 5.10 Å². The molecule has 2 N–H and O–H groups in total. The zero-order chi connectivity index (χ0) is 15.6. The molecule has 21 heavy (non-hydrogen) atoms. The number of H-pyrrole nitrogens is 1. The molecule has 0 aliphatic rings. The van der Waals surface area contributed by atoms with E-state index in [1.807, 2.05) is 0 Å². The molecule has 0 spiro atoms. The summed E-state index contributed by atoms with van der Waals surface area (Å²) in [5.74, 6) is 0.246. The number of halogens is 3.